The highest BCUT2D eigenvalue weighted by Gasteiger charge is 2.31. The van der Waals surface area contributed by atoms with Crippen molar-refractivity contribution < 1.29 is 22.7 Å². The molecule has 3 aromatic carbocycles. The molecule has 1 N–H and O–H groups in total. The van der Waals surface area contributed by atoms with Gasteiger partial charge in [0, 0.05) is 32.0 Å². The highest BCUT2D eigenvalue weighted by Crippen LogP contribution is 2.30. The molecule has 1 atom stereocenters. The van der Waals surface area contributed by atoms with Crippen molar-refractivity contribution in [1.29, 1.82) is 0 Å². The van der Waals surface area contributed by atoms with Crippen molar-refractivity contribution in [1.82, 2.24) is 10.2 Å². The van der Waals surface area contributed by atoms with Crippen LogP contribution < -0.4 is 14.4 Å². The maximum absolute atomic E-state index is 13.9. The molecule has 8 nitrogen and oxygen atoms in total. The van der Waals surface area contributed by atoms with Gasteiger partial charge in [-0.15, -0.1) is 0 Å². The standard InChI is InChI=1S/C32H40ClN3O5S/c1-23(2)34-32(38)29(20-25-10-7-6-8-11-25)35(22-26-15-13-24(3)14-16-26)31(37)12-9-19-36(42(5,39)40)27-17-18-30(41-4)28(33)21-27/h6-8,10-11,13-18,21,23,29H,9,12,19-20,22H2,1-5H3,(H,34,38)/t29-/m0/s1. The van der Waals surface area contributed by atoms with Crippen molar-refractivity contribution in [2.24, 2.45) is 0 Å². The topological polar surface area (TPSA) is 96.0 Å². The second-order valence-corrected chi connectivity index (χ2v) is 12.9. The number of carbonyl (C=O) groups is 2. The Kier molecular flexibility index (Phi) is 11.8. The Morgan fingerprint density at radius 3 is 2.21 bits per heavy atom. The molecule has 0 aliphatic carbocycles. The van der Waals surface area contributed by atoms with Crippen molar-refractivity contribution >= 4 is 39.1 Å². The quantitative estimate of drug-likeness (QED) is 0.264. The fourth-order valence-corrected chi connectivity index (χ4v) is 5.85. The molecule has 0 unspecified atom stereocenters. The molecule has 10 heteroatoms. The van der Waals surface area contributed by atoms with Crippen molar-refractivity contribution in [2.45, 2.75) is 58.7 Å². The summed E-state index contributed by atoms with van der Waals surface area (Å²) in [6, 6.07) is 21.3. The van der Waals surface area contributed by atoms with Crippen LogP contribution in [0, 0.1) is 6.92 Å². The highest BCUT2D eigenvalue weighted by molar-refractivity contribution is 7.92. The number of nitrogens with one attached hydrogen (secondary N) is 1. The van der Waals surface area contributed by atoms with Gasteiger partial charge in [0.2, 0.25) is 21.8 Å². The lowest BCUT2D eigenvalue weighted by molar-refractivity contribution is -0.141. The van der Waals surface area contributed by atoms with E-state index in [4.69, 9.17) is 16.3 Å². The number of hydrogen-bond donors (Lipinski definition) is 1. The third-order valence-electron chi connectivity index (χ3n) is 6.75. The molecule has 226 valence electrons. The zero-order valence-corrected chi connectivity index (χ0v) is 26.4. The van der Waals surface area contributed by atoms with E-state index in [1.165, 1.54) is 17.5 Å². The van der Waals surface area contributed by atoms with Crippen LogP contribution in [0.5, 0.6) is 5.75 Å². The Hall–Kier alpha value is -3.56. The number of benzene rings is 3. The Bertz CT molecular complexity index is 1450. The van der Waals surface area contributed by atoms with Crippen molar-refractivity contribution in [3.05, 3.63) is 94.5 Å². The van der Waals surface area contributed by atoms with Gasteiger partial charge < -0.3 is 15.0 Å². The SMILES string of the molecule is COc1ccc(N(CCCC(=O)N(Cc2ccc(C)cc2)[C@@H](Cc2ccccc2)C(=O)NC(C)C)S(C)(=O)=O)cc1Cl. The van der Waals surface area contributed by atoms with Gasteiger partial charge in [-0.2, -0.15) is 0 Å². The number of methoxy groups -OCH3 is 1. The van der Waals surface area contributed by atoms with Crippen molar-refractivity contribution in [3.63, 3.8) is 0 Å². The van der Waals surface area contributed by atoms with E-state index in [-0.39, 0.29) is 48.8 Å². The third kappa shape index (κ3) is 9.49. The lowest BCUT2D eigenvalue weighted by Gasteiger charge is -2.32. The van der Waals surface area contributed by atoms with Crippen LogP contribution in [0.4, 0.5) is 5.69 Å². The molecule has 42 heavy (non-hydrogen) atoms. The third-order valence-corrected chi connectivity index (χ3v) is 8.24. The number of nitrogens with zero attached hydrogens (tertiary/aromatic N) is 2. The van der Waals surface area contributed by atoms with Crippen LogP contribution in [0.25, 0.3) is 0 Å². The van der Waals surface area contributed by atoms with Gasteiger partial charge in [-0.1, -0.05) is 71.8 Å². The minimum Gasteiger partial charge on any atom is -0.495 e. The summed E-state index contributed by atoms with van der Waals surface area (Å²) in [7, 11) is -2.18. The van der Waals surface area contributed by atoms with Crippen molar-refractivity contribution in [2.75, 3.05) is 24.2 Å². The molecule has 3 rings (SSSR count). The number of amides is 2. The molecule has 0 saturated carbocycles. The number of anilines is 1. The number of rotatable bonds is 14. The van der Waals surface area contributed by atoms with E-state index in [9.17, 15) is 18.0 Å². The van der Waals surface area contributed by atoms with Gasteiger partial charge >= 0.3 is 0 Å². The first-order chi connectivity index (χ1) is 19.9. The number of carbonyl (C=O) groups excluding carboxylic acids is 2. The largest absolute Gasteiger partial charge is 0.495 e. The van der Waals surface area contributed by atoms with Crippen molar-refractivity contribution in [3.8, 4) is 5.75 Å². The molecule has 0 aromatic heterocycles. The molecule has 2 amide bonds. The summed E-state index contributed by atoms with van der Waals surface area (Å²) in [5, 5.41) is 3.26. The Morgan fingerprint density at radius 2 is 1.64 bits per heavy atom. The van der Waals surface area contributed by atoms with Gasteiger partial charge in [0.05, 0.1) is 24.1 Å². The second-order valence-electron chi connectivity index (χ2n) is 10.6. The van der Waals surface area contributed by atoms with Gasteiger partial charge in [0.1, 0.15) is 11.8 Å². The predicted molar refractivity (Wildman–Crippen MR) is 168 cm³/mol. The summed E-state index contributed by atoms with van der Waals surface area (Å²) < 4.78 is 31.8. The van der Waals surface area contributed by atoms with Crippen LogP contribution in [-0.4, -0.2) is 57.1 Å². The summed E-state index contributed by atoms with van der Waals surface area (Å²) in [6.45, 7) is 6.06. The zero-order valence-electron chi connectivity index (χ0n) is 24.8. The molecule has 0 bridgehead atoms. The first-order valence-electron chi connectivity index (χ1n) is 13.9. The fraction of sp³-hybridized carbons (Fsp3) is 0.375. The second kappa shape index (κ2) is 15.1. The molecule has 0 aliphatic heterocycles. The lowest BCUT2D eigenvalue weighted by atomic mass is 10.0. The van der Waals surface area contributed by atoms with E-state index < -0.39 is 16.1 Å². The summed E-state index contributed by atoms with van der Waals surface area (Å²) in [5.41, 5.74) is 3.30. The maximum Gasteiger partial charge on any atom is 0.243 e. The number of ether oxygens (including phenoxy) is 1. The van der Waals surface area contributed by atoms with Gasteiger partial charge in [-0.3, -0.25) is 13.9 Å². The molecule has 0 saturated heterocycles. The van der Waals surface area contributed by atoms with Crippen LogP contribution in [0.15, 0.2) is 72.8 Å². The minimum atomic E-state index is -3.66. The maximum atomic E-state index is 13.9. The van der Waals surface area contributed by atoms with Crippen LogP contribution in [0.2, 0.25) is 5.02 Å². The Labute approximate surface area is 254 Å². The molecule has 0 heterocycles. The van der Waals surface area contributed by atoms with Gasteiger partial charge in [0.15, 0.2) is 0 Å². The first-order valence-corrected chi connectivity index (χ1v) is 16.1. The van der Waals surface area contributed by atoms with E-state index in [0.29, 0.717) is 17.9 Å². The fourth-order valence-electron chi connectivity index (χ4n) is 4.64. The molecular formula is C32H40ClN3O5S. The first kappa shape index (κ1) is 32.9. The number of sulfonamides is 1. The summed E-state index contributed by atoms with van der Waals surface area (Å²) >= 11 is 6.26. The summed E-state index contributed by atoms with van der Waals surface area (Å²) in [5.74, 6) is -0.0449. The van der Waals surface area contributed by atoms with Gasteiger partial charge in [-0.25, -0.2) is 8.42 Å². The van der Waals surface area contributed by atoms with E-state index in [2.05, 4.69) is 5.32 Å². The molecule has 0 fully saturated rings. The molecule has 3 aromatic rings. The number of aryl methyl sites for hydroxylation is 1. The Morgan fingerprint density at radius 1 is 0.976 bits per heavy atom. The molecule has 0 aliphatic rings. The predicted octanol–water partition coefficient (Wildman–Crippen LogP) is 5.37. The van der Waals surface area contributed by atoms with Crippen LogP contribution >= 0.6 is 11.6 Å². The Balaban J connectivity index is 1.88. The molecular weight excluding hydrogens is 574 g/mol. The summed E-state index contributed by atoms with van der Waals surface area (Å²) in [4.78, 5) is 29.0. The summed E-state index contributed by atoms with van der Waals surface area (Å²) in [6.07, 6.45) is 1.74. The number of hydrogen-bond acceptors (Lipinski definition) is 5. The van der Waals surface area contributed by atoms with Gasteiger partial charge in [-0.05, 0) is 56.5 Å². The van der Waals surface area contributed by atoms with Crippen LogP contribution in [0.3, 0.4) is 0 Å². The van der Waals surface area contributed by atoms with Crippen LogP contribution in [0.1, 0.15) is 43.4 Å². The molecule has 0 radical (unpaired) electrons. The van der Waals surface area contributed by atoms with E-state index in [1.807, 2.05) is 75.4 Å². The van der Waals surface area contributed by atoms with E-state index in [1.54, 1.807) is 17.0 Å². The lowest BCUT2D eigenvalue weighted by Crippen LogP contribution is -2.51. The average Bonchev–Trinajstić information content (AvgIpc) is 2.93. The smallest absolute Gasteiger partial charge is 0.243 e. The van der Waals surface area contributed by atoms with Gasteiger partial charge in [0.25, 0.3) is 0 Å². The number of halogens is 1. The van der Waals surface area contributed by atoms with E-state index >= 15 is 0 Å². The molecule has 0 spiro atoms. The van der Waals surface area contributed by atoms with Crippen LogP contribution in [-0.2, 0) is 32.6 Å². The minimum absolute atomic E-state index is 0.0437. The zero-order chi connectivity index (χ0) is 30.9. The average molecular weight is 614 g/mol. The van der Waals surface area contributed by atoms with E-state index in [0.717, 1.165) is 22.9 Å². The monoisotopic (exact) mass is 613 g/mol. The highest BCUT2D eigenvalue weighted by atomic mass is 35.5. The normalized spacial score (nSPS) is 12.1.